The zero-order valence-electron chi connectivity index (χ0n) is 20.5. The Morgan fingerprint density at radius 1 is 0.800 bits per heavy atom. The van der Waals surface area contributed by atoms with Gasteiger partial charge in [-0.2, -0.15) is 26.3 Å². The van der Waals surface area contributed by atoms with Crippen LogP contribution in [-0.2, 0) is 21.9 Å². The Kier molecular flexibility index (Phi) is 8.10. The number of rotatable bonds is 6. The number of benzene rings is 3. The van der Waals surface area contributed by atoms with Crippen LogP contribution >= 0.6 is 11.3 Å². The van der Waals surface area contributed by atoms with Crippen LogP contribution in [0.2, 0.25) is 0 Å². The molecule has 0 unspecified atom stereocenters. The van der Waals surface area contributed by atoms with Crippen molar-refractivity contribution in [2.45, 2.75) is 19.3 Å². The van der Waals surface area contributed by atoms with Crippen LogP contribution in [0.25, 0.3) is 15.8 Å². The Balaban J connectivity index is 1.57. The number of halogens is 6. The number of carbonyl (C=O) groups is 2. The van der Waals surface area contributed by atoms with Gasteiger partial charge in [-0.3, -0.25) is 9.59 Å². The summed E-state index contributed by atoms with van der Waals surface area (Å²) in [6.07, 6.45) is -5.16. The van der Waals surface area contributed by atoms with Crippen LogP contribution in [0.4, 0.5) is 37.2 Å². The Morgan fingerprint density at radius 2 is 1.35 bits per heavy atom. The summed E-state index contributed by atoms with van der Waals surface area (Å²) < 4.78 is 78.8. The average Bonchev–Trinajstić information content (AvgIpc) is 3.26. The number of aromatic nitrogens is 1. The Bertz CT molecular complexity index is 1540. The van der Waals surface area contributed by atoms with E-state index < -0.39 is 29.4 Å². The molecule has 4 aromatic rings. The Labute approximate surface area is 227 Å². The van der Waals surface area contributed by atoms with E-state index in [1.165, 1.54) is 60.8 Å². The number of nitrogens with zero attached hydrogens (tertiary/aromatic N) is 1. The van der Waals surface area contributed by atoms with Gasteiger partial charge >= 0.3 is 12.4 Å². The zero-order chi connectivity index (χ0) is 29.1. The molecule has 0 radical (unpaired) electrons. The van der Waals surface area contributed by atoms with Gasteiger partial charge in [0.25, 0.3) is 0 Å². The van der Waals surface area contributed by atoms with Crippen molar-refractivity contribution in [2.24, 2.45) is 0 Å². The molecule has 12 heteroatoms. The standard InChI is InChI=1S/C28H19F6N3O2S/c1-16(38)35-26-37-23-14-13-21(15-24(23)40-26)36-25(39)4-2-3-22(17-5-9-19(10-6-17)27(29,30)31)18-7-11-20(12-8-18)28(32,33)34/h2-15H,1H3,(H,36,39)(H,35,37,38). The van der Waals surface area contributed by atoms with Gasteiger partial charge in [-0.25, -0.2) is 4.98 Å². The minimum Gasteiger partial charge on any atom is -0.322 e. The van der Waals surface area contributed by atoms with Gasteiger partial charge in [-0.1, -0.05) is 47.8 Å². The van der Waals surface area contributed by atoms with Crippen LogP contribution in [-0.4, -0.2) is 16.8 Å². The van der Waals surface area contributed by atoms with Gasteiger partial charge in [0.15, 0.2) is 5.13 Å². The van der Waals surface area contributed by atoms with Gasteiger partial charge < -0.3 is 10.6 Å². The van der Waals surface area contributed by atoms with E-state index in [9.17, 15) is 35.9 Å². The topological polar surface area (TPSA) is 71.1 Å². The number of anilines is 2. The van der Waals surface area contributed by atoms with Crippen molar-refractivity contribution >= 4 is 49.8 Å². The van der Waals surface area contributed by atoms with Gasteiger partial charge in [0.05, 0.1) is 21.3 Å². The number of nitrogens with one attached hydrogen (secondary N) is 2. The molecule has 1 aromatic heterocycles. The molecule has 0 saturated heterocycles. The first-order valence-electron chi connectivity index (χ1n) is 11.5. The lowest BCUT2D eigenvalue weighted by Gasteiger charge is -2.12. The van der Waals surface area contributed by atoms with Crippen molar-refractivity contribution in [3.8, 4) is 0 Å². The van der Waals surface area contributed by atoms with Crippen molar-refractivity contribution in [3.63, 3.8) is 0 Å². The molecule has 2 amide bonds. The molecule has 0 aliphatic heterocycles. The molecule has 0 saturated carbocycles. The largest absolute Gasteiger partial charge is 0.416 e. The van der Waals surface area contributed by atoms with E-state index in [4.69, 9.17) is 0 Å². The van der Waals surface area contributed by atoms with Gasteiger partial charge in [0.1, 0.15) is 0 Å². The van der Waals surface area contributed by atoms with E-state index in [1.54, 1.807) is 18.2 Å². The monoisotopic (exact) mass is 575 g/mol. The van der Waals surface area contributed by atoms with Gasteiger partial charge in [-0.15, -0.1) is 0 Å². The van der Waals surface area contributed by atoms with E-state index in [2.05, 4.69) is 15.6 Å². The minimum atomic E-state index is -4.55. The average molecular weight is 576 g/mol. The van der Waals surface area contributed by atoms with Crippen molar-refractivity contribution in [1.29, 1.82) is 0 Å². The summed E-state index contributed by atoms with van der Waals surface area (Å²) >= 11 is 1.23. The first kappa shape index (κ1) is 28.6. The summed E-state index contributed by atoms with van der Waals surface area (Å²) in [4.78, 5) is 28.0. The summed E-state index contributed by atoms with van der Waals surface area (Å²) in [7, 11) is 0. The third kappa shape index (κ3) is 7.14. The molecule has 5 nitrogen and oxygen atoms in total. The van der Waals surface area contributed by atoms with Crippen LogP contribution in [0.1, 0.15) is 29.2 Å². The highest BCUT2D eigenvalue weighted by Crippen LogP contribution is 2.34. The lowest BCUT2D eigenvalue weighted by atomic mass is 9.95. The number of hydrogen-bond donors (Lipinski definition) is 2. The molecule has 0 bridgehead atoms. The number of fused-ring (bicyclic) bond motifs is 1. The maximum Gasteiger partial charge on any atom is 0.416 e. The smallest absolute Gasteiger partial charge is 0.322 e. The molecule has 206 valence electrons. The normalized spacial score (nSPS) is 12.0. The molecule has 1 heterocycles. The highest BCUT2D eigenvalue weighted by Gasteiger charge is 2.31. The van der Waals surface area contributed by atoms with Gasteiger partial charge in [0.2, 0.25) is 11.8 Å². The van der Waals surface area contributed by atoms with E-state index >= 15 is 0 Å². The van der Waals surface area contributed by atoms with Crippen LogP contribution < -0.4 is 10.6 Å². The first-order chi connectivity index (χ1) is 18.8. The second-order valence-electron chi connectivity index (χ2n) is 8.46. The summed E-state index contributed by atoms with van der Waals surface area (Å²) in [5.74, 6) is -0.792. The molecular formula is C28H19F6N3O2S. The number of amides is 2. The predicted octanol–water partition coefficient (Wildman–Crippen LogP) is 7.92. The van der Waals surface area contributed by atoms with Crippen molar-refractivity contribution in [3.05, 3.63) is 107 Å². The molecule has 0 fully saturated rings. The second kappa shape index (κ2) is 11.3. The summed E-state index contributed by atoms with van der Waals surface area (Å²) in [5.41, 5.74) is 0.257. The van der Waals surface area contributed by atoms with E-state index in [-0.39, 0.29) is 5.91 Å². The fraction of sp³-hybridized carbons (Fsp3) is 0.107. The van der Waals surface area contributed by atoms with E-state index in [0.29, 0.717) is 33.0 Å². The molecule has 4 rings (SSSR count). The minimum absolute atomic E-state index is 0.266. The van der Waals surface area contributed by atoms with Crippen LogP contribution in [0.3, 0.4) is 0 Å². The highest BCUT2D eigenvalue weighted by atomic mass is 32.1. The van der Waals surface area contributed by atoms with Crippen LogP contribution in [0, 0.1) is 0 Å². The lowest BCUT2D eigenvalue weighted by Crippen LogP contribution is -2.07. The maximum absolute atomic E-state index is 13.0. The second-order valence-corrected chi connectivity index (χ2v) is 9.49. The number of allylic oxidation sites excluding steroid dienone is 2. The molecular weight excluding hydrogens is 556 g/mol. The summed E-state index contributed by atoms with van der Waals surface area (Å²) in [6, 6.07) is 13.3. The number of hydrogen-bond acceptors (Lipinski definition) is 4. The lowest BCUT2D eigenvalue weighted by molar-refractivity contribution is -0.138. The number of alkyl halides is 6. The summed E-state index contributed by atoms with van der Waals surface area (Å²) in [5, 5.41) is 5.68. The quantitative estimate of drug-likeness (QED) is 0.139. The number of carbonyl (C=O) groups excluding carboxylic acids is 2. The van der Waals surface area contributed by atoms with Gasteiger partial charge in [-0.05, 0) is 59.2 Å². The predicted molar refractivity (Wildman–Crippen MR) is 142 cm³/mol. The fourth-order valence-electron chi connectivity index (χ4n) is 3.66. The third-order valence-electron chi connectivity index (χ3n) is 5.50. The Hall–Kier alpha value is -4.45. The van der Waals surface area contributed by atoms with Crippen molar-refractivity contribution in [2.75, 3.05) is 10.6 Å². The molecule has 3 aromatic carbocycles. The SMILES string of the molecule is CC(=O)Nc1nc2ccc(NC(=O)C=CC=C(c3ccc(C(F)(F)F)cc3)c3ccc(C(F)(F)F)cc3)cc2s1. The first-order valence-corrected chi connectivity index (χ1v) is 12.3. The maximum atomic E-state index is 13.0. The summed E-state index contributed by atoms with van der Waals surface area (Å²) in [6.45, 7) is 1.36. The molecule has 0 aliphatic rings. The number of thiazole rings is 1. The van der Waals surface area contributed by atoms with Crippen molar-refractivity contribution in [1.82, 2.24) is 4.98 Å². The fourth-order valence-corrected chi connectivity index (χ4v) is 4.61. The molecule has 2 N–H and O–H groups in total. The van der Waals surface area contributed by atoms with E-state index in [0.717, 1.165) is 29.0 Å². The molecule has 0 atom stereocenters. The molecule has 0 spiro atoms. The third-order valence-corrected chi connectivity index (χ3v) is 6.43. The molecule has 40 heavy (non-hydrogen) atoms. The van der Waals surface area contributed by atoms with Crippen molar-refractivity contribution < 1.29 is 35.9 Å². The molecule has 0 aliphatic carbocycles. The zero-order valence-corrected chi connectivity index (χ0v) is 21.3. The van der Waals surface area contributed by atoms with Crippen LogP contribution in [0.15, 0.2) is 85.0 Å². The van der Waals surface area contributed by atoms with E-state index in [1.807, 2.05) is 0 Å². The van der Waals surface area contributed by atoms with Gasteiger partial charge in [0, 0.05) is 18.7 Å². The van der Waals surface area contributed by atoms with Crippen LogP contribution in [0.5, 0.6) is 0 Å². The Morgan fingerprint density at radius 3 is 1.85 bits per heavy atom. The highest BCUT2D eigenvalue weighted by molar-refractivity contribution is 7.22.